The molecule has 6 amide bonds. The number of amides is 6. The third kappa shape index (κ3) is 11.7. The lowest BCUT2D eigenvalue weighted by Crippen LogP contribution is -2.67. The normalized spacial score (nSPS) is 30.0. The van der Waals surface area contributed by atoms with Crippen molar-refractivity contribution in [3.05, 3.63) is 36.0 Å². The van der Waals surface area contributed by atoms with E-state index < -0.39 is 108 Å². The number of ether oxygens (including phenoxy) is 1. The predicted octanol–water partition coefficient (Wildman–Crippen LogP) is 0.428. The number of hydrogen-bond donors (Lipinski definition) is 6. The molecule has 0 aromatic heterocycles. The molecule has 3 aliphatic heterocycles. The number of cyclic esters (lactones) is 1. The number of nitrogens with one attached hydrogen (secondary N) is 4. The van der Waals surface area contributed by atoms with Crippen molar-refractivity contribution in [1.82, 2.24) is 41.5 Å². The molecule has 4 aliphatic rings. The summed E-state index contributed by atoms with van der Waals surface area (Å²) >= 11 is 0. The highest BCUT2D eigenvalue weighted by Crippen LogP contribution is 2.27. The summed E-state index contributed by atoms with van der Waals surface area (Å²) in [5, 5.41) is 29.2. The van der Waals surface area contributed by atoms with Gasteiger partial charge in [0.15, 0.2) is 11.8 Å². The highest BCUT2D eigenvalue weighted by Gasteiger charge is 2.47. The monoisotopic (exact) mass is 856 g/mol. The van der Waals surface area contributed by atoms with Crippen molar-refractivity contribution in [2.45, 2.75) is 135 Å². The smallest absolute Gasteiger partial charge is 0.331 e. The molecule has 0 aromatic rings. The highest BCUT2D eigenvalue weighted by atomic mass is 16.5. The average molecular weight is 857 g/mol. The van der Waals surface area contributed by atoms with Gasteiger partial charge in [0, 0.05) is 20.1 Å². The number of rotatable bonds is 9. The van der Waals surface area contributed by atoms with Gasteiger partial charge in [0.1, 0.15) is 36.3 Å². The molecule has 338 valence electrons. The summed E-state index contributed by atoms with van der Waals surface area (Å²) < 4.78 is 5.88. The van der Waals surface area contributed by atoms with E-state index in [0.717, 1.165) is 34.2 Å². The molecule has 4 rings (SSSR count). The van der Waals surface area contributed by atoms with Crippen LogP contribution in [-0.4, -0.2) is 147 Å². The lowest BCUT2D eigenvalue weighted by Gasteiger charge is -2.41. The molecule has 19 nitrogen and oxygen atoms in total. The summed E-state index contributed by atoms with van der Waals surface area (Å²) in [7, 11) is 1.38. The Balaban J connectivity index is 1.83. The number of fused-ring (bicyclic) bond motifs is 2. The number of hydrogen-bond acceptors (Lipinski definition) is 13. The standard InChI is InChI=1S/C42H64N8O11/c1-8-9-15-25(4)34(52)26(5)36(53)46-33-35(24(2)3)61-42(59)29(23-51)45-37(54)30-18-13-20-43-48(30)39(56)32(22-28-16-11-10-12-17-28)47(7)38(55)27(6)50(60)40(57)31-19-14-21-44-49(31)41(33)58/h8-9,11,15-16,24,26-33,35,43-44,51,60H,10,12-14,17-23H2,1-7H3,(H,45,54)(H,46,53)/b9-8+,25-15+. The first-order chi connectivity index (χ1) is 28.9. The van der Waals surface area contributed by atoms with Crippen LogP contribution in [0.2, 0.25) is 0 Å². The van der Waals surface area contributed by atoms with E-state index in [1.807, 2.05) is 12.2 Å². The first-order valence-electron chi connectivity index (χ1n) is 21.3. The number of hydroxylamine groups is 2. The number of hydrazine groups is 2. The molecule has 3 heterocycles. The van der Waals surface area contributed by atoms with Gasteiger partial charge < -0.3 is 25.4 Å². The molecule has 19 heteroatoms. The van der Waals surface area contributed by atoms with Gasteiger partial charge in [-0.1, -0.05) is 44.2 Å². The van der Waals surface area contributed by atoms with Gasteiger partial charge in [-0.25, -0.2) is 20.7 Å². The van der Waals surface area contributed by atoms with Gasteiger partial charge in [-0.3, -0.25) is 48.8 Å². The quantitative estimate of drug-likeness (QED) is 0.0461. The second-order valence-electron chi connectivity index (χ2n) is 16.6. The summed E-state index contributed by atoms with van der Waals surface area (Å²) in [6.07, 6.45) is 10.9. The topological polar surface area (TPSA) is 247 Å². The van der Waals surface area contributed by atoms with Crippen LogP contribution in [0.25, 0.3) is 0 Å². The largest absolute Gasteiger partial charge is 0.458 e. The number of likely N-dealkylation sites (N-methyl/N-ethyl adjacent to an activating group) is 1. The van der Waals surface area contributed by atoms with Crippen molar-refractivity contribution in [3.63, 3.8) is 0 Å². The zero-order valence-electron chi connectivity index (χ0n) is 36.3. The number of Topliss-reactive ketones (excluding diaryl/α,β-unsaturated/α-hetero) is 1. The van der Waals surface area contributed by atoms with Crippen LogP contribution in [0.1, 0.15) is 92.9 Å². The van der Waals surface area contributed by atoms with Crippen molar-refractivity contribution in [1.29, 1.82) is 0 Å². The van der Waals surface area contributed by atoms with E-state index in [9.17, 15) is 48.7 Å². The molecule has 0 radical (unpaired) electrons. The Morgan fingerprint density at radius 1 is 0.934 bits per heavy atom. The molecule has 61 heavy (non-hydrogen) atoms. The average Bonchev–Trinajstić information content (AvgIpc) is 3.27. The van der Waals surface area contributed by atoms with Crippen LogP contribution in [0, 0.1) is 17.8 Å². The van der Waals surface area contributed by atoms with E-state index in [1.165, 1.54) is 33.9 Å². The highest BCUT2D eigenvalue weighted by molar-refractivity contribution is 6.10. The van der Waals surface area contributed by atoms with Crippen LogP contribution in [0.4, 0.5) is 0 Å². The van der Waals surface area contributed by atoms with E-state index in [4.69, 9.17) is 4.74 Å². The fourth-order valence-corrected chi connectivity index (χ4v) is 8.01. The number of esters is 1. The van der Waals surface area contributed by atoms with Gasteiger partial charge in [-0.2, -0.15) is 0 Å². The maximum atomic E-state index is 14.8. The lowest BCUT2D eigenvalue weighted by molar-refractivity contribution is -0.191. The van der Waals surface area contributed by atoms with Crippen LogP contribution < -0.4 is 21.5 Å². The van der Waals surface area contributed by atoms with Crippen LogP contribution in [0.5, 0.6) is 0 Å². The molecule has 3 saturated heterocycles. The molecule has 1 aliphatic carbocycles. The SMILES string of the molecule is C/C=C/C=C(\C)C(=O)C(C)C(=O)NC1C(=O)N2NCCCC2C(=O)N(O)C(C)C(=O)N(C)C(CC2C=CCCC2)C(=O)N2NCCCC2C(=O)NC(CO)C(=O)OC1C(C)C. The first kappa shape index (κ1) is 48.7. The van der Waals surface area contributed by atoms with E-state index >= 15 is 0 Å². The zero-order valence-corrected chi connectivity index (χ0v) is 36.3. The maximum absolute atomic E-state index is 14.8. The fraction of sp³-hybridized carbons (Fsp3) is 0.667. The minimum Gasteiger partial charge on any atom is -0.458 e. The Kier molecular flexibility index (Phi) is 17.7. The fourth-order valence-electron chi connectivity index (χ4n) is 8.01. The number of aliphatic hydroxyl groups is 1. The van der Waals surface area contributed by atoms with Crippen LogP contribution >= 0.6 is 0 Å². The van der Waals surface area contributed by atoms with Gasteiger partial charge in [-0.15, -0.1) is 0 Å². The first-order valence-corrected chi connectivity index (χ1v) is 21.3. The van der Waals surface area contributed by atoms with Crippen molar-refractivity contribution in [2.24, 2.45) is 17.8 Å². The van der Waals surface area contributed by atoms with Gasteiger partial charge >= 0.3 is 5.97 Å². The molecule has 0 spiro atoms. The molecule has 9 unspecified atom stereocenters. The molecule has 0 aromatic carbocycles. The lowest BCUT2D eigenvalue weighted by atomic mass is 9.89. The number of carbonyl (C=O) groups is 8. The summed E-state index contributed by atoms with van der Waals surface area (Å²) in [6, 6.07) is -8.82. The van der Waals surface area contributed by atoms with Crippen LogP contribution in [0.3, 0.4) is 0 Å². The zero-order chi connectivity index (χ0) is 45.1. The van der Waals surface area contributed by atoms with E-state index in [2.05, 4.69) is 21.5 Å². The number of nitrogens with zero attached hydrogens (tertiary/aromatic N) is 4. The molecular weight excluding hydrogens is 793 g/mol. The van der Waals surface area contributed by atoms with Crippen molar-refractivity contribution in [3.8, 4) is 0 Å². The molecular formula is C42H64N8O11. The summed E-state index contributed by atoms with van der Waals surface area (Å²) in [6.45, 7) is 8.65. The Morgan fingerprint density at radius 2 is 1.57 bits per heavy atom. The van der Waals surface area contributed by atoms with Gasteiger partial charge in [0.2, 0.25) is 17.7 Å². The number of allylic oxidation sites excluding steroid dienone is 6. The molecule has 0 saturated carbocycles. The van der Waals surface area contributed by atoms with E-state index in [-0.39, 0.29) is 42.4 Å². The Hall–Kier alpha value is -4.98. The summed E-state index contributed by atoms with van der Waals surface area (Å²) in [5.74, 6) is -9.05. The minimum atomic E-state index is -1.76. The molecule has 0 bridgehead atoms. The summed E-state index contributed by atoms with van der Waals surface area (Å²) in [5.41, 5.74) is 6.09. The number of ketones is 1. The Labute approximate surface area is 357 Å². The summed E-state index contributed by atoms with van der Waals surface area (Å²) in [4.78, 5) is 114. The van der Waals surface area contributed by atoms with Gasteiger partial charge in [-0.05, 0) is 96.5 Å². The van der Waals surface area contributed by atoms with Crippen molar-refractivity contribution >= 4 is 47.2 Å². The van der Waals surface area contributed by atoms with E-state index in [1.54, 1.807) is 32.9 Å². The molecule has 3 fully saturated rings. The molecule has 9 atom stereocenters. The number of carbonyl (C=O) groups excluding carboxylic acids is 8. The van der Waals surface area contributed by atoms with Gasteiger partial charge in [0.05, 0.1) is 12.5 Å². The third-order valence-electron chi connectivity index (χ3n) is 11.8. The Bertz CT molecular complexity index is 1750. The predicted molar refractivity (Wildman–Crippen MR) is 220 cm³/mol. The second kappa shape index (κ2) is 22.2. The van der Waals surface area contributed by atoms with Crippen LogP contribution in [-0.2, 0) is 43.1 Å². The van der Waals surface area contributed by atoms with Crippen LogP contribution in [0.15, 0.2) is 36.0 Å². The molecule has 6 N–H and O–H groups in total. The van der Waals surface area contributed by atoms with Gasteiger partial charge in [0.25, 0.3) is 17.7 Å². The van der Waals surface area contributed by atoms with E-state index in [0.29, 0.717) is 19.4 Å². The third-order valence-corrected chi connectivity index (χ3v) is 11.8. The minimum absolute atomic E-state index is 0.0117. The number of aliphatic hydroxyl groups excluding tert-OH is 1. The van der Waals surface area contributed by atoms with Crippen molar-refractivity contribution < 1.29 is 53.4 Å². The maximum Gasteiger partial charge on any atom is 0.331 e. The Morgan fingerprint density at radius 3 is 2.16 bits per heavy atom. The van der Waals surface area contributed by atoms with Crippen molar-refractivity contribution in [2.75, 3.05) is 26.7 Å². The second-order valence-corrected chi connectivity index (χ2v) is 16.6.